The Hall–Kier alpha value is -0.0800. The molecule has 0 aromatic rings. The van der Waals surface area contributed by atoms with Crippen molar-refractivity contribution in [2.45, 2.75) is 65.0 Å². The van der Waals surface area contributed by atoms with Gasteiger partial charge in [-0.25, -0.2) is 0 Å². The average Bonchev–Trinajstić information content (AvgIpc) is 2.65. The van der Waals surface area contributed by atoms with Gasteiger partial charge in [-0.3, -0.25) is 0 Å². The average molecular weight is 265 g/mol. The Bertz CT molecular complexity index is 319. The van der Waals surface area contributed by atoms with Crippen molar-refractivity contribution in [3.8, 4) is 0 Å². The number of fused-ring (bicyclic) bond motifs is 1. The van der Waals surface area contributed by atoms with Crippen molar-refractivity contribution in [2.75, 3.05) is 19.7 Å². The first-order valence-corrected chi connectivity index (χ1v) is 8.39. The topological polar surface area (TPSA) is 12.5 Å². The van der Waals surface area contributed by atoms with Gasteiger partial charge in [-0.15, -0.1) is 0 Å². The summed E-state index contributed by atoms with van der Waals surface area (Å²) < 4.78 is 6.44. The van der Waals surface area contributed by atoms with Gasteiger partial charge in [0, 0.05) is 19.1 Å². The highest BCUT2D eigenvalue weighted by Gasteiger charge is 2.49. The number of likely N-dealkylation sites (tertiary alicyclic amines) is 1. The first-order valence-electron chi connectivity index (χ1n) is 8.39. The molecule has 3 rings (SSSR count). The normalized spacial score (nSPS) is 42.8. The van der Waals surface area contributed by atoms with Crippen molar-refractivity contribution in [3.05, 3.63) is 0 Å². The van der Waals surface area contributed by atoms with Crippen molar-refractivity contribution in [1.82, 2.24) is 4.90 Å². The molecule has 2 saturated heterocycles. The number of hydrogen-bond donors (Lipinski definition) is 0. The maximum atomic E-state index is 6.44. The molecule has 0 bridgehead atoms. The van der Waals surface area contributed by atoms with E-state index < -0.39 is 0 Å². The molecule has 19 heavy (non-hydrogen) atoms. The second-order valence-corrected chi connectivity index (χ2v) is 7.85. The van der Waals surface area contributed by atoms with E-state index in [0.29, 0.717) is 6.04 Å². The summed E-state index contributed by atoms with van der Waals surface area (Å²) in [5, 5.41) is 0. The fourth-order valence-corrected chi connectivity index (χ4v) is 4.98. The smallest absolute Gasteiger partial charge is 0.0709 e. The molecule has 2 heteroatoms. The molecule has 4 atom stereocenters. The van der Waals surface area contributed by atoms with Crippen LogP contribution in [0.3, 0.4) is 0 Å². The van der Waals surface area contributed by atoms with Gasteiger partial charge in [0.25, 0.3) is 0 Å². The third kappa shape index (κ3) is 2.47. The van der Waals surface area contributed by atoms with Crippen molar-refractivity contribution in [1.29, 1.82) is 0 Å². The number of piperidine rings is 1. The molecule has 1 saturated carbocycles. The summed E-state index contributed by atoms with van der Waals surface area (Å²) in [6.07, 6.45) is 5.28. The van der Waals surface area contributed by atoms with Gasteiger partial charge >= 0.3 is 0 Å². The minimum Gasteiger partial charge on any atom is -0.375 e. The summed E-state index contributed by atoms with van der Waals surface area (Å²) in [4.78, 5) is 2.61. The maximum absolute atomic E-state index is 6.44. The molecule has 2 nitrogen and oxygen atoms in total. The Morgan fingerprint density at radius 1 is 1.05 bits per heavy atom. The van der Waals surface area contributed by atoms with E-state index in [9.17, 15) is 0 Å². The Morgan fingerprint density at radius 3 is 2.32 bits per heavy atom. The van der Waals surface area contributed by atoms with Gasteiger partial charge in [-0.2, -0.15) is 0 Å². The quantitative estimate of drug-likeness (QED) is 0.719. The molecule has 0 amide bonds. The predicted octanol–water partition coefficient (Wildman–Crippen LogP) is 3.56. The summed E-state index contributed by atoms with van der Waals surface area (Å²) in [6, 6.07) is 0.694. The van der Waals surface area contributed by atoms with Crippen LogP contribution in [0, 0.1) is 23.7 Å². The number of nitrogens with zero attached hydrogens (tertiary/aromatic N) is 1. The summed E-state index contributed by atoms with van der Waals surface area (Å²) in [7, 11) is 0. The molecule has 0 aromatic carbocycles. The lowest BCUT2D eigenvalue weighted by molar-refractivity contribution is -0.153. The van der Waals surface area contributed by atoms with Crippen LogP contribution in [0.15, 0.2) is 0 Å². The van der Waals surface area contributed by atoms with Crippen LogP contribution in [0.5, 0.6) is 0 Å². The lowest BCUT2D eigenvalue weighted by Gasteiger charge is -2.49. The summed E-state index contributed by atoms with van der Waals surface area (Å²) in [5.41, 5.74) is 0.241. The molecule has 1 aliphatic carbocycles. The highest BCUT2D eigenvalue weighted by molar-refractivity contribution is 4.99. The van der Waals surface area contributed by atoms with E-state index in [1.54, 1.807) is 0 Å². The van der Waals surface area contributed by atoms with Gasteiger partial charge in [0.15, 0.2) is 0 Å². The molecule has 1 spiro atoms. The number of hydrogen-bond acceptors (Lipinski definition) is 2. The van der Waals surface area contributed by atoms with Gasteiger partial charge in [-0.05, 0) is 63.2 Å². The number of ether oxygens (including phenoxy) is 1. The van der Waals surface area contributed by atoms with Gasteiger partial charge in [-0.1, -0.05) is 13.8 Å². The largest absolute Gasteiger partial charge is 0.375 e. The van der Waals surface area contributed by atoms with Gasteiger partial charge in [0.05, 0.1) is 12.2 Å². The molecular weight excluding hydrogens is 234 g/mol. The van der Waals surface area contributed by atoms with E-state index in [1.165, 1.54) is 38.8 Å². The fourth-order valence-electron chi connectivity index (χ4n) is 4.98. The van der Waals surface area contributed by atoms with Crippen LogP contribution in [0.4, 0.5) is 0 Å². The molecule has 110 valence electrons. The van der Waals surface area contributed by atoms with Crippen LogP contribution in [0.25, 0.3) is 0 Å². The lowest BCUT2D eigenvalue weighted by atomic mass is 9.73. The molecule has 0 radical (unpaired) electrons. The Balaban J connectivity index is 1.65. The molecule has 2 heterocycles. The zero-order chi connectivity index (χ0) is 13.6. The monoisotopic (exact) mass is 265 g/mol. The lowest BCUT2D eigenvalue weighted by Crippen LogP contribution is -2.52. The zero-order valence-electron chi connectivity index (χ0n) is 13.2. The molecular formula is C17H31NO. The summed E-state index contributed by atoms with van der Waals surface area (Å²) >= 11 is 0. The van der Waals surface area contributed by atoms with Gasteiger partial charge in [0.2, 0.25) is 0 Å². The molecule has 3 aliphatic rings. The molecule has 2 aliphatic heterocycles. The van der Waals surface area contributed by atoms with Crippen LogP contribution in [0.1, 0.15) is 53.4 Å². The van der Waals surface area contributed by atoms with E-state index in [2.05, 4.69) is 32.6 Å². The van der Waals surface area contributed by atoms with E-state index in [-0.39, 0.29) is 5.60 Å². The van der Waals surface area contributed by atoms with Crippen molar-refractivity contribution < 1.29 is 4.74 Å². The Kier molecular flexibility index (Phi) is 3.68. The zero-order valence-corrected chi connectivity index (χ0v) is 13.2. The van der Waals surface area contributed by atoms with Crippen molar-refractivity contribution in [3.63, 3.8) is 0 Å². The minimum absolute atomic E-state index is 0.241. The molecule has 3 fully saturated rings. The standard InChI is InChI=1S/C17H31NO/c1-12(2)18-7-5-17(6-8-18)10-15-13(3)9-14(4)16(15)11-19-17/h12-16H,5-11H2,1-4H3. The second-order valence-electron chi connectivity index (χ2n) is 7.85. The first-order chi connectivity index (χ1) is 9.01. The fraction of sp³-hybridized carbons (Fsp3) is 1.00. The maximum Gasteiger partial charge on any atom is 0.0709 e. The first kappa shape index (κ1) is 13.9. The summed E-state index contributed by atoms with van der Waals surface area (Å²) in [5.74, 6) is 3.59. The van der Waals surface area contributed by atoms with Crippen LogP contribution in [-0.4, -0.2) is 36.2 Å². The van der Waals surface area contributed by atoms with Gasteiger partial charge in [0.1, 0.15) is 0 Å². The van der Waals surface area contributed by atoms with E-state index in [1.807, 2.05) is 0 Å². The summed E-state index contributed by atoms with van der Waals surface area (Å²) in [6.45, 7) is 13.1. The van der Waals surface area contributed by atoms with Gasteiger partial charge < -0.3 is 9.64 Å². The Morgan fingerprint density at radius 2 is 1.68 bits per heavy atom. The molecule has 0 N–H and O–H groups in total. The van der Waals surface area contributed by atoms with E-state index in [4.69, 9.17) is 4.74 Å². The number of rotatable bonds is 1. The highest BCUT2D eigenvalue weighted by Crippen LogP contribution is 2.51. The molecule has 4 unspecified atom stereocenters. The highest BCUT2D eigenvalue weighted by atomic mass is 16.5. The van der Waals surface area contributed by atoms with Crippen LogP contribution in [-0.2, 0) is 4.74 Å². The van der Waals surface area contributed by atoms with E-state index >= 15 is 0 Å². The second kappa shape index (κ2) is 5.04. The third-order valence-electron chi connectivity index (χ3n) is 6.38. The third-order valence-corrected chi connectivity index (χ3v) is 6.38. The SMILES string of the molecule is CC1CC(C)C2CC3(CCN(C(C)C)CC3)OCC12. The molecule has 0 aromatic heterocycles. The predicted molar refractivity (Wildman–Crippen MR) is 79.2 cm³/mol. The Labute approximate surface area is 118 Å². The minimum atomic E-state index is 0.241. The van der Waals surface area contributed by atoms with Crippen molar-refractivity contribution >= 4 is 0 Å². The van der Waals surface area contributed by atoms with Crippen LogP contribution in [0.2, 0.25) is 0 Å². The van der Waals surface area contributed by atoms with E-state index in [0.717, 1.165) is 30.3 Å². The van der Waals surface area contributed by atoms with Crippen LogP contribution < -0.4 is 0 Å². The van der Waals surface area contributed by atoms with Crippen LogP contribution >= 0.6 is 0 Å². The van der Waals surface area contributed by atoms with Crippen molar-refractivity contribution in [2.24, 2.45) is 23.7 Å².